The van der Waals surface area contributed by atoms with Gasteiger partial charge in [-0.05, 0) is 24.3 Å². The molecule has 1 aromatic carbocycles. The van der Waals surface area contributed by atoms with Gasteiger partial charge in [-0.15, -0.1) is 0 Å². The molecule has 90 valence electrons. The third-order valence-corrected chi connectivity index (χ3v) is 2.78. The van der Waals surface area contributed by atoms with Crippen molar-refractivity contribution in [1.29, 1.82) is 0 Å². The Balaban J connectivity index is 2.28. The van der Waals surface area contributed by atoms with Crippen molar-refractivity contribution >= 4 is 16.7 Å². The Bertz CT molecular complexity index is 789. The number of nitrogen functional groups attached to an aromatic ring is 1. The van der Waals surface area contributed by atoms with E-state index in [4.69, 9.17) is 10.2 Å². The number of nitrogens with two attached hydrogens (primary N) is 1. The summed E-state index contributed by atoms with van der Waals surface area (Å²) >= 11 is 0. The predicted molar refractivity (Wildman–Crippen MR) is 66.2 cm³/mol. The largest absolute Gasteiger partial charge is 0.464 e. The van der Waals surface area contributed by atoms with Gasteiger partial charge in [0, 0.05) is 12.3 Å². The number of anilines is 1. The SMILES string of the molecule is Nc1ccc(-n2ccc3occc3c2=O)cc1F. The van der Waals surface area contributed by atoms with Crippen molar-refractivity contribution < 1.29 is 8.81 Å². The summed E-state index contributed by atoms with van der Waals surface area (Å²) in [6.45, 7) is 0. The van der Waals surface area contributed by atoms with Crippen LogP contribution in [0.15, 0.2) is 52.0 Å². The number of rotatable bonds is 1. The van der Waals surface area contributed by atoms with Crippen LogP contribution in [0.25, 0.3) is 16.7 Å². The van der Waals surface area contributed by atoms with Gasteiger partial charge in [0.05, 0.1) is 23.0 Å². The molecule has 0 aliphatic rings. The quantitative estimate of drug-likeness (QED) is 0.668. The first-order valence-corrected chi connectivity index (χ1v) is 5.31. The second kappa shape index (κ2) is 3.73. The van der Waals surface area contributed by atoms with E-state index >= 15 is 0 Å². The van der Waals surface area contributed by atoms with Crippen molar-refractivity contribution in [2.75, 3.05) is 5.73 Å². The minimum atomic E-state index is -0.549. The molecule has 4 nitrogen and oxygen atoms in total. The second-order valence-corrected chi connectivity index (χ2v) is 3.90. The summed E-state index contributed by atoms with van der Waals surface area (Å²) in [5, 5.41) is 0.453. The molecule has 0 atom stereocenters. The van der Waals surface area contributed by atoms with E-state index in [9.17, 15) is 9.18 Å². The summed E-state index contributed by atoms with van der Waals surface area (Å²) in [5.41, 5.74) is 6.13. The number of furan rings is 1. The molecule has 0 bridgehead atoms. The molecule has 0 unspecified atom stereocenters. The number of hydrogen-bond donors (Lipinski definition) is 1. The zero-order chi connectivity index (χ0) is 12.7. The summed E-state index contributed by atoms with van der Waals surface area (Å²) in [6.07, 6.45) is 2.99. The van der Waals surface area contributed by atoms with Crippen molar-refractivity contribution in [3.05, 3.63) is 59.0 Å². The van der Waals surface area contributed by atoms with Gasteiger partial charge in [0.15, 0.2) is 0 Å². The highest BCUT2D eigenvalue weighted by Gasteiger charge is 2.08. The number of halogens is 1. The van der Waals surface area contributed by atoms with Crippen LogP contribution in [-0.4, -0.2) is 4.57 Å². The van der Waals surface area contributed by atoms with Crippen LogP contribution in [0.4, 0.5) is 10.1 Å². The number of pyridine rings is 1. The molecule has 3 aromatic rings. The molecule has 0 aliphatic carbocycles. The van der Waals surface area contributed by atoms with Crippen LogP contribution in [-0.2, 0) is 0 Å². The minimum Gasteiger partial charge on any atom is -0.464 e. The van der Waals surface area contributed by atoms with E-state index in [1.807, 2.05) is 0 Å². The molecule has 5 heteroatoms. The van der Waals surface area contributed by atoms with Gasteiger partial charge in [-0.25, -0.2) is 4.39 Å². The van der Waals surface area contributed by atoms with Crippen molar-refractivity contribution in [3.8, 4) is 5.69 Å². The molecule has 18 heavy (non-hydrogen) atoms. The molecule has 3 rings (SSSR count). The molecule has 0 fully saturated rings. The van der Waals surface area contributed by atoms with Gasteiger partial charge in [-0.2, -0.15) is 0 Å². The fourth-order valence-corrected chi connectivity index (χ4v) is 1.84. The minimum absolute atomic E-state index is 0.0520. The Morgan fingerprint density at radius 3 is 2.83 bits per heavy atom. The third-order valence-electron chi connectivity index (χ3n) is 2.78. The van der Waals surface area contributed by atoms with Gasteiger partial charge < -0.3 is 10.2 Å². The van der Waals surface area contributed by atoms with Gasteiger partial charge in [0.2, 0.25) is 0 Å². The van der Waals surface area contributed by atoms with E-state index in [0.29, 0.717) is 16.7 Å². The standard InChI is InChI=1S/C13H9FN2O2/c14-10-7-8(1-2-11(10)15)16-5-3-12-9(13(16)17)4-6-18-12/h1-7H,15H2. The molecule has 2 aromatic heterocycles. The van der Waals surface area contributed by atoms with Gasteiger partial charge in [0.25, 0.3) is 5.56 Å². The Labute approximate surface area is 101 Å². The summed E-state index contributed by atoms with van der Waals surface area (Å²) in [6, 6.07) is 7.48. The lowest BCUT2D eigenvalue weighted by molar-refractivity contribution is 0.615. The molecule has 0 saturated carbocycles. The normalized spacial score (nSPS) is 10.9. The van der Waals surface area contributed by atoms with Crippen LogP contribution in [0.5, 0.6) is 0 Å². The van der Waals surface area contributed by atoms with Crippen molar-refractivity contribution in [2.24, 2.45) is 0 Å². The molecule has 0 radical (unpaired) electrons. The van der Waals surface area contributed by atoms with Gasteiger partial charge in [-0.1, -0.05) is 0 Å². The van der Waals surface area contributed by atoms with E-state index in [2.05, 4.69) is 0 Å². The number of nitrogens with zero attached hydrogens (tertiary/aromatic N) is 1. The lowest BCUT2D eigenvalue weighted by atomic mass is 10.2. The maximum Gasteiger partial charge on any atom is 0.266 e. The zero-order valence-electron chi connectivity index (χ0n) is 9.26. The average Bonchev–Trinajstić information content (AvgIpc) is 2.83. The van der Waals surface area contributed by atoms with Crippen LogP contribution in [0.3, 0.4) is 0 Å². The summed E-state index contributed by atoms with van der Waals surface area (Å²) < 4.78 is 19.9. The van der Waals surface area contributed by atoms with Crippen molar-refractivity contribution in [3.63, 3.8) is 0 Å². The maximum absolute atomic E-state index is 13.4. The first-order chi connectivity index (χ1) is 8.66. The smallest absolute Gasteiger partial charge is 0.266 e. The highest BCUT2D eigenvalue weighted by molar-refractivity contribution is 5.76. The van der Waals surface area contributed by atoms with Crippen molar-refractivity contribution in [2.45, 2.75) is 0 Å². The molecular weight excluding hydrogens is 235 g/mol. The van der Waals surface area contributed by atoms with Gasteiger partial charge in [-0.3, -0.25) is 9.36 Å². The van der Waals surface area contributed by atoms with Gasteiger partial charge in [0.1, 0.15) is 11.4 Å². The van der Waals surface area contributed by atoms with E-state index in [1.165, 1.54) is 23.0 Å². The fraction of sp³-hybridized carbons (Fsp3) is 0. The van der Waals surface area contributed by atoms with Gasteiger partial charge >= 0.3 is 0 Å². The highest BCUT2D eigenvalue weighted by Crippen LogP contribution is 2.16. The van der Waals surface area contributed by atoms with E-state index in [0.717, 1.165) is 0 Å². The number of hydrogen-bond acceptors (Lipinski definition) is 3. The first-order valence-electron chi connectivity index (χ1n) is 5.31. The lowest BCUT2D eigenvalue weighted by Gasteiger charge is -2.06. The molecule has 0 amide bonds. The first kappa shape index (κ1) is 10.6. The highest BCUT2D eigenvalue weighted by atomic mass is 19.1. The van der Waals surface area contributed by atoms with Crippen LogP contribution < -0.4 is 11.3 Å². The Kier molecular flexibility index (Phi) is 2.19. The monoisotopic (exact) mass is 244 g/mol. The number of benzene rings is 1. The average molecular weight is 244 g/mol. The van der Waals surface area contributed by atoms with Crippen LogP contribution >= 0.6 is 0 Å². The van der Waals surface area contributed by atoms with Crippen LogP contribution in [0.2, 0.25) is 0 Å². The predicted octanol–water partition coefficient (Wildman–Crippen LogP) is 2.31. The molecule has 0 spiro atoms. The molecule has 2 N–H and O–H groups in total. The molecule has 0 saturated heterocycles. The summed E-state index contributed by atoms with van der Waals surface area (Å²) in [7, 11) is 0. The van der Waals surface area contributed by atoms with E-state index in [-0.39, 0.29) is 11.2 Å². The number of fused-ring (bicyclic) bond motifs is 1. The number of aromatic nitrogens is 1. The van der Waals surface area contributed by atoms with E-state index in [1.54, 1.807) is 24.4 Å². The second-order valence-electron chi connectivity index (χ2n) is 3.90. The van der Waals surface area contributed by atoms with Crippen LogP contribution in [0.1, 0.15) is 0 Å². The van der Waals surface area contributed by atoms with Crippen molar-refractivity contribution in [1.82, 2.24) is 4.57 Å². The third kappa shape index (κ3) is 1.48. The molecule has 0 aliphatic heterocycles. The lowest BCUT2D eigenvalue weighted by Crippen LogP contribution is -2.17. The Morgan fingerprint density at radius 2 is 2.06 bits per heavy atom. The topological polar surface area (TPSA) is 61.2 Å². The Hall–Kier alpha value is -2.56. The fourth-order valence-electron chi connectivity index (χ4n) is 1.84. The zero-order valence-corrected chi connectivity index (χ0v) is 9.26. The van der Waals surface area contributed by atoms with E-state index < -0.39 is 5.82 Å². The summed E-state index contributed by atoms with van der Waals surface area (Å²) in [5.74, 6) is -0.549. The molecular formula is C13H9FN2O2. The Morgan fingerprint density at radius 1 is 1.22 bits per heavy atom. The summed E-state index contributed by atoms with van der Waals surface area (Å²) in [4.78, 5) is 12.1. The molecule has 2 heterocycles. The maximum atomic E-state index is 13.4. The van der Waals surface area contributed by atoms with Crippen LogP contribution in [0, 0.1) is 5.82 Å².